The smallest absolute Gasteiger partial charge is 0.223 e. The molecule has 0 aromatic heterocycles. The highest BCUT2D eigenvalue weighted by Gasteiger charge is 2.28. The molecule has 4 nitrogen and oxygen atoms in total. The summed E-state index contributed by atoms with van der Waals surface area (Å²) < 4.78 is 0. The summed E-state index contributed by atoms with van der Waals surface area (Å²) in [6.07, 6.45) is 2.08. The van der Waals surface area contributed by atoms with Gasteiger partial charge in [0.25, 0.3) is 0 Å². The minimum atomic E-state index is 0.184. The summed E-state index contributed by atoms with van der Waals surface area (Å²) in [5.74, 6) is 0.459. The molecule has 0 aliphatic heterocycles. The van der Waals surface area contributed by atoms with Crippen LogP contribution in [0.2, 0.25) is 0 Å². The number of rotatable bonds is 6. The molecule has 4 heteroatoms. The Labute approximate surface area is 107 Å². The first kappa shape index (κ1) is 12.6. The Morgan fingerprint density at radius 3 is 2.94 bits per heavy atom. The first-order valence-corrected chi connectivity index (χ1v) is 6.27. The van der Waals surface area contributed by atoms with Crippen LogP contribution < -0.4 is 10.6 Å². The molecule has 0 spiro atoms. The van der Waals surface area contributed by atoms with Crippen LogP contribution in [0, 0.1) is 17.2 Å². The van der Waals surface area contributed by atoms with Crippen molar-refractivity contribution in [2.45, 2.75) is 19.4 Å². The van der Waals surface area contributed by atoms with Gasteiger partial charge < -0.3 is 10.6 Å². The topological polar surface area (TPSA) is 64.9 Å². The normalized spacial score (nSPS) is 13.9. The van der Waals surface area contributed by atoms with Gasteiger partial charge in [0.05, 0.1) is 11.6 Å². The third kappa shape index (κ3) is 3.86. The molecule has 1 amide bonds. The fourth-order valence-electron chi connectivity index (χ4n) is 1.75. The van der Waals surface area contributed by atoms with Crippen molar-refractivity contribution in [3.8, 4) is 6.07 Å². The van der Waals surface area contributed by atoms with Crippen molar-refractivity contribution in [2.24, 2.45) is 5.92 Å². The van der Waals surface area contributed by atoms with E-state index in [1.165, 1.54) is 0 Å². The van der Waals surface area contributed by atoms with E-state index in [1.807, 2.05) is 18.2 Å². The zero-order valence-corrected chi connectivity index (χ0v) is 10.3. The van der Waals surface area contributed by atoms with Gasteiger partial charge in [0, 0.05) is 25.6 Å². The lowest BCUT2D eigenvalue weighted by atomic mass is 10.1. The van der Waals surface area contributed by atoms with Gasteiger partial charge in [0.2, 0.25) is 5.91 Å². The standard InChI is InChI=1S/C14H17N3O/c15-9-11-2-1-3-12(8-11)10-16-6-7-17-14(18)13-4-5-13/h1-3,8,13,16H,4-7,10H2,(H,17,18). The predicted octanol–water partition coefficient (Wildman–Crippen LogP) is 1.17. The van der Waals surface area contributed by atoms with Gasteiger partial charge in [-0.25, -0.2) is 0 Å². The molecule has 1 fully saturated rings. The quantitative estimate of drug-likeness (QED) is 0.737. The molecular weight excluding hydrogens is 226 g/mol. The number of hydrogen-bond donors (Lipinski definition) is 2. The summed E-state index contributed by atoms with van der Waals surface area (Å²) in [6, 6.07) is 9.64. The number of benzene rings is 1. The molecule has 0 atom stereocenters. The third-order valence-corrected chi connectivity index (χ3v) is 2.93. The molecule has 2 N–H and O–H groups in total. The molecule has 1 saturated carbocycles. The first-order valence-electron chi connectivity index (χ1n) is 6.27. The maximum absolute atomic E-state index is 11.3. The monoisotopic (exact) mass is 243 g/mol. The lowest BCUT2D eigenvalue weighted by Gasteiger charge is -2.06. The maximum Gasteiger partial charge on any atom is 0.223 e. The van der Waals surface area contributed by atoms with Gasteiger partial charge in [-0.05, 0) is 30.5 Å². The second-order valence-corrected chi connectivity index (χ2v) is 4.55. The number of amides is 1. The van der Waals surface area contributed by atoms with Gasteiger partial charge in [-0.2, -0.15) is 5.26 Å². The SMILES string of the molecule is N#Cc1cccc(CNCCNC(=O)C2CC2)c1. The maximum atomic E-state index is 11.3. The molecule has 0 radical (unpaired) electrons. The van der Waals surface area contributed by atoms with Crippen LogP contribution in [0.1, 0.15) is 24.0 Å². The van der Waals surface area contributed by atoms with Gasteiger partial charge in [0.15, 0.2) is 0 Å². The Hall–Kier alpha value is -1.86. The molecule has 1 aliphatic carbocycles. The van der Waals surface area contributed by atoms with Crippen LogP contribution in [-0.2, 0) is 11.3 Å². The zero-order valence-electron chi connectivity index (χ0n) is 10.3. The number of hydrogen-bond acceptors (Lipinski definition) is 3. The van der Waals surface area contributed by atoms with E-state index in [0.717, 1.165) is 31.5 Å². The van der Waals surface area contributed by atoms with Gasteiger partial charge in [-0.1, -0.05) is 12.1 Å². The van der Waals surface area contributed by atoms with Crippen LogP contribution in [0.25, 0.3) is 0 Å². The van der Waals surface area contributed by atoms with Crippen LogP contribution in [0.3, 0.4) is 0 Å². The van der Waals surface area contributed by atoms with Crippen LogP contribution in [0.4, 0.5) is 0 Å². The lowest BCUT2D eigenvalue weighted by molar-refractivity contribution is -0.122. The minimum Gasteiger partial charge on any atom is -0.355 e. The number of carbonyl (C=O) groups excluding carboxylic acids is 1. The highest BCUT2D eigenvalue weighted by Crippen LogP contribution is 2.28. The van der Waals surface area contributed by atoms with Gasteiger partial charge >= 0.3 is 0 Å². The highest BCUT2D eigenvalue weighted by molar-refractivity contribution is 5.80. The summed E-state index contributed by atoms with van der Waals surface area (Å²) in [6.45, 7) is 2.12. The molecule has 18 heavy (non-hydrogen) atoms. The molecule has 0 unspecified atom stereocenters. The van der Waals surface area contributed by atoms with E-state index in [9.17, 15) is 4.79 Å². The molecular formula is C14H17N3O. The van der Waals surface area contributed by atoms with Crippen molar-refractivity contribution in [1.82, 2.24) is 10.6 Å². The molecule has 1 aromatic carbocycles. The van der Waals surface area contributed by atoms with Gasteiger partial charge in [-0.15, -0.1) is 0 Å². The van der Waals surface area contributed by atoms with Crippen LogP contribution >= 0.6 is 0 Å². The Balaban J connectivity index is 1.62. The van der Waals surface area contributed by atoms with Gasteiger partial charge in [0.1, 0.15) is 0 Å². The summed E-state index contributed by atoms with van der Waals surface area (Å²) in [5, 5.41) is 14.9. The van der Waals surface area contributed by atoms with E-state index in [0.29, 0.717) is 12.1 Å². The molecule has 1 aromatic rings. The van der Waals surface area contributed by atoms with E-state index in [2.05, 4.69) is 16.7 Å². The Morgan fingerprint density at radius 2 is 2.22 bits per heavy atom. The van der Waals surface area contributed by atoms with Crippen molar-refractivity contribution in [3.05, 3.63) is 35.4 Å². The lowest BCUT2D eigenvalue weighted by Crippen LogP contribution is -2.32. The summed E-state index contributed by atoms with van der Waals surface area (Å²) in [4.78, 5) is 11.3. The molecule has 0 saturated heterocycles. The van der Waals surface area contributed by atoms with E-state index >= 15 is 0 Å². The van der Waals surface area contributed by atoms with Crippen molar-refractivity contribution in [1.29, 1.82) is 5.26 Å². The fourth-order valence-corrected chi connectivity index (χ4v) is 1.75. The average molecular weight is 243 g/mol. The van der Waals surface area contributed by atoms with Gasteiger partial charge in [-0.3, -0.25) is 4.79 Å². The second kappa shape index (κ2) is 6.18. The van der Waals surface area contributed by atoms with Crippen LogP contribution in [-0.4, -0.2) is 19.0 Å². The predicted molar refractivity (Wildman–Crippen MR) is 68.6 cm³/mol. The summed E-state index contributed by atoms with van der Waals surface area (Å²) in [5.41, 5.74) is 1.76. The summed E-state index contributed by atoms with van der Waals surface area (Å²) in [7, 11) is 0. The number of nitrogens with zero attached hydrogens (tertiary/aromatic N) is 1. The molecule has 0 bridgehead atoms. The van der Waals surface area contributed by atoms with Crippen molar-refractivity contribution < 1.29 is 4.79 Å². The molecule has 0 heterocycles. The largest absolute Gasteiger partial charge is 0.355 e. The van der Waals surface area contributed by atoms with Crippen molar-refractivity contribution >= 4 is 5.91 Å². The number of carbonyl (C=O) groups is 1. The Morgan fingerprint density at radius 1 is 1.39 bits per heavy atom. The van der Waals surface area contributed by atoms with E-state index in [-0.39, 0.29) is 11.8 Å². The zero-order chi connectivity index (χ0) is 12.8. The first-order chi connectivity index (χ1) is 8.79. The van der Waals surface area contributed by atoms with Crippen LogP contribution in [0.15, 0.2) is 24.3 Å². The molecule has 2 rings (SSSR count). The third-order valence-electron chi connectivity index (χ3n) is 2.93. The molecule has 1 aliphatic rings. The Kier molecular flexibility index (Phi) is 4.32. The highest BCUT2D eigenvalue weighted by atomic mass is 16.2. The average Bonchev–Trinajstić information content (AvgIpc) is 3.23. The summed E-state index contributed by atoms with van der Waals surface area (Å²) >= 11 is 0. The Bertz CT molecular complexity index is 460. The van der Waals surface area contributed by atoms with Crippen molar-refractivity contribution in [3.63, 3.8) is 0 Å². The fraction of sp³-hybridized carbons (Fsp3) is 0.429. The van der Waals surface area contributed by atoms with E-state index in [4.69, 9.17) is 5.26 Å². The van der Waals surface area contributed by atoms with E-state index in [1.54, 1.807) is 6.07 Å². The number of nitrogens with one attached hydrogen (secondary N) is 2. The van der Waals surface area contributed by atoms with E-state index < -0.39 is 0 Å². The minimum absolute atomic E-state index is 0.184. The number of nitriles is 1. The van der Waals surface area contributed by atoms with Crippen molar-refractivity contribution in [2.75, 3.05) is 13.1 Å². The molecule has 94 valence electrons. The second-order valence-electron chi connectivity index (χ2n) is 4.55. The van der Waals surface area contributed by atoms with Crippen LogP contribution in [0.5, 0.6) is 0 Å².